The molecule has 2 N–H and O–H groups in total. The van der Waals surface area contributed by atoms with Gasteiger partial charge < -0.3 is 10.2 Å². The normalized spacial score (nSPS) is 12.8. The lowest BCUT2D eigenvalue weighted by Gasteiger charge is -2.18. The van der Waals surface area contributed by atoms with E-state index in [0.29, 0.717) is 5.92 Å². The van der Waals surface area contributed by atoms with E-state index < -0.39 is 5.97 Å². The molecule has 15 heavy (non-hydrogen) atoms. The summed E-state index contributed by atoms with van der Waals surface area (Å²) >= 11 is 0. The third kappa shape index (κ3) is 2.80. The summed E-state index contributed by atoms with van der Waals surface area (Å²) in [4.78, 5) is 10.8. The third-order valence-corrected chi connectivity index (χ3v) is 2.56. The fourth-order valence-corrected chi connectivity index (χ4v) is 1.60. The molecule has 0 aliphatic heterocycles. The number of carboxylic acid groups (broad SMARTS) is 1. The van der Waals surface area contributed by atoms with Crippen LogP contribution in [0.15, 0.2) is 24.3 Å². The maximum absolute atomic E-state index is 10.8. The number of benzene rings is 1. The molecule has 0 amide bonds. The molecule has 1 rings (SSSR count). The highest BCUT2D eigenvalue weighted by Crippen LogP contribution is 2.24. The molecule has 0 saturated carbocycles. The summed E-state index contributed by atoms with van der Waals surface area (Å²) in [5.74, 6) is -0.638. The Morgan fingerprint density at radius 3 is 2.53 bits per heavy atom. The zero-order valence-electron chi connectivity index (χ0n) is 8.97. The minimum atomic E-state index is -0.933. The van der Waals surface area contributed by atoms with Gasteiger partial charge in [-0.3, -0.25) is 0 Å². The number of carboxylic acids is 1. The fraction of sp³-hybridized carbons (Fsp3) is 0.417. The van der Waals surface area contributed by atoms with Gasteiger partial charge in [-0.2, -0.15) is 0 Å². The number of aromatic carboxylic acids is 1. The van der Waals surface area contributed by atoms with Crippen LogP contribution in [-0.2, 0) is 0 Å². The van der Waals surface area contributed by atoms with Crippen molar-refractivity contribution in [2.75, 3.05) is 6.61 Å². The second kappa shape index (κ2) is 4.94. The Bertz CT molecular complexity index is 344. The highest BCUT2D eigenvalue weighted by molar-refractivity contribution is 5.87. The van der Waals surface area contributed by atoms with Crippen molar-refractivity contribution >= 4 is 5.97 Å². The average Bonchev–Trinajstić information content (AvgIpc) is 2.18. The Morgan fingerprint density at radius 1 is 1.40 bits per heavy atom. The molecule has 0 aromatic heterocycles. The van der Waals surface area contributed by atoms with Crippen molar-refractivity contribution in [2.24, 2.45) is 5.92 Å². The lowest BCUT2D eigenvalue weighted by molar-refractivity contribution is 0.0696. The summed E-state index contributed by atoms with van der Waals surface area (Å²) in [6, 6.07) is 6.75. The fourth-order valence-electron chi connectivity index (χ4n) is 1.60. The highest BCUT2D eigenvalue weighted by Gasteiger charge is 2.15. The second-order valence-corrected chi connectivity index (χ2v) is 3.96. The molecule has 0 aliphatic carbocycles. The molecular weight excluding hydrogens is 192 g/mol. The van der Waals surface area contributed by atoms with Gasteiger partial charge in [0, 0.05) is 5.92 Å². The third-order valence-electron chi connectivity index (χ3n) is 2.56. The van der Waals surface area contributed by atoms with Gasteiger partial charge in [-0.15, -0.1) is 0 Å². The van der Waals surface area contributed by atoms with Crippen LogP contribution in [-0.4, -0.2) is 22.8 Å². The van der Waals surface area contributed by atoms with E-state index in [1.807, 2.05) is 19.9 Å². The average molecular weight is 208 g/mol. The number of hydrogen-bond donors (Lipinski definition) is 2. The van der Waals surface area contributed by atoms with Crippen LogP contribution in [0.3, 0.4) is 0 Å². The highest BCUT2D eigenvalue weighted by atomic mass is 16.4. The predicted molar refractivity (Wildman–Crippen MR) is 58.1 cm³/mol. The molecule has 1 atom stereocenters. The number of carbonyl (C=O) groups is 1. The van der Waals surface area contributed by atoms with E-state index in [1.165, 1.54) is 0 Å². The monoisotopic (exact) mass is 208 g/mol. The van der Waals surface area contributed by atoms with E-state index in [0.717, 1.165) is 5.56 Å². The Morgan fingerprint density at radius 2 is 2.07 bits per heavy atom. The summed E-state index contributed by atoms with van der Waals surface area (Å²) in [7, 11) is 0. The summed E-state index contributed by atoms with van der Waals surface area (Å²) in [6.45, 7) is 4.06. The molecule has 0 heterocycles. The predicted octanol–water partition coefficient (Wildman–Crippen LogP) is 2.12. The topological polar surface area (TPSA) is 57.5 Å². The van der Waals surface area contributed by atoms with Gasteiger partial charge in [-0.1, -0.05) is 26.0 Å². The van der Waals surface area contributed by atoms with E-state index in [-0.39, 0.29) is 18.1 Å². The van der Waals surface area contributed by atoms with Gasteiger partial charge in [0.2, 0.25) is 0 Å². The van der Waals surface area contributed by atoms with E-state index in [4.69, 9.17) is 5.11 Å². The van der Waals surface area contributed by atoms with Crippen molar-refractivity contribution in [3.8, 4) is 0 Å². The standard InChI is InChI=1S/C12H16O3/c1-8(2)11(7-13)9-4-3-5-10(6-9)12(14)15/h3-6,8,11,13H,7H2,1-2H3,(H,14,15). The van der Waals surface area contributed by atoms with Crippen LogP contribution in [0.2, 0.25) is 0 Å². The first-order chi connectivity index (χ1) is 7.06. The molecular formula is C12H16O3. The van der Waals surface area contributed by atoms with Crippen LogP contribution in [0.1, 0.15) is 35.7 Å². The minimum Gasteiger partial charge on any atom is -0.478 e. The molecule has 0 spiro atoms. The van der Waals surface area contributed by atoms with Crippen molar-refractivity contribution < 1.29 is 15.0 Å². The molecule has 3 nitrogen and oxygen atoms in total. The first-order valence-electron chi connectivity index (χ1n) is 5.00. The summed E-state index contributed by atoms with van der Waals surface area (Å²) in [5, 5.41) is 18.1. The molecule has 0 fully saturated rings. The van der Waals surface area contributed by atoms with Crippen LogP contribution < -0.4 is 0 Å². The molecule has 1 aromatic carbocycles. The van der Waals surface area contributed by atoms with E-state index in [9.17, 15) is 9.90 Å². The Labute approximate surface area is 89.4 Å². The molecule has 0 saturated heterocycles. The van der Waals surface area contributed by atoms with Gasteiger partial charge in [0.1, 0.15) is 0 Å². The maximum Gasteiger partial charge on any atom is 0.335 e. The first-order valence-corrected chi connectivity index (χ1v) is 5.00. The van der Waals surface area contributed by atoms with Crippen molar-refractivity contribution in [3.63, 3.8) is 0 Å². The summed E-state index contributed by atoms with van der Waals surface area (Å²) in [6.07, 6.45) is 0. The van der Waals surface area contributed by atoms with Crippen LogP contribution in [0, 0.1) is 5.92 Å². The molecule has 0 aliphatic rings. The second-order valence-electron chi connectivity index (χ2n) is 3.96. The molecule has 1 aromatic rings. The van der Waals surface area contributed by atoms with Crippen molar-refractivity contribution in [1.29, 1.82) is 0 Å². The SMILES string of the molecule is CC(C)C(CO)c1cccc(C(=O)O)c1. The zero-order valence-corrected chi connectivity index (χ0v) is 8.97. The van der Waals surface area contributed by atoms with Crippen molar-refractivity contribution in [3.05, 3.63) is 35.4 Å². The van der Waals surface area contributed by atoms with Gasteiger partial charge >= 0.3 is 5.97 Å². The van der Waals surface area contributed by atoms with Gasteiger partial charge in [-0.25, -0.2) is 4.79 Å². The largest absolute Gasteiger partial charge is 0.478 e. The van der Waals surface area contributed by atoms with Gasteiger partial charge in [0.05, 0.1) is 12.2 Å². The van der Waals surface area contributed by atoms with Gasteiger partial charge in [0.25, 0.3) is 0 Å². The van der Waals surface area contributed by atoms with Crippen LogP contribution in [0.25, 0.3) is 0 Å². The molecule has 3 heteroatoms. The zero-order chi connectivity index (χ0) is 11.4. The first kappa shape index (κ1) is 11.7. The van der Waals surface area contributed by atoms with Gasteiger partial charge in [-0.05, 0) is 23.6 Å². The minimum absolute atomic E-state index is 0.00398. The molecule has 1 unspecified atom stereocenters. The quantitative estimate of drug-likeness (QED) is 0.796. The number of rotatable bonds is 4. The number of hydrogen-bond acceptors (Lipinski definition) is 2. The van der Waals surface area contributed by atoms with Crippen LogP contribution >= 0.6 is 0 Å². The van der Waals surface area contributed by atoms with E-state index >= 15 is 0 Å². The number of aliphatic hydroxyl groups is 1. The van der Waals surface area contributed by atoms with Crippen molar-refractivity contribution in [2.45, 2.75) is 19.8 Å². The Balaban J connectivity index is 3.03. The van der Waals surface area contributed by atoms with Gasteiger partial charge in [0.15, 0.2) is 0 Å². The molecule has 0 bridgehead atoms. The Kier molecular flexibility index (Phi) is 3.86. The van der Waals surface area contributed by atoms with Crippen LogP contribution in [0.5, 0.6) is 0 Å². The van der Waals surface area contributed by atoms with E-state index in [2.05, 4.69) is 0 Å². The van der Waals surface area contributed by atoms with Crippen molar-refractivity contribution in [1.82, 2.24) is 0 Å². The lowest BCUT2D eigenvalue weighted by atomic mass is 9.88. The Hall–Kier alpha value is -1.35. The summed E-state index contributed by atoms with van der Waals surface area (Å²) < 4.78 is 0. The molecule has 0 radical (unpaired) electrons. The lowest BCUT2D eigenvalue weighted by Crippen LogP contribution is -2.12. The molecule has 82 valence electrons. The smallest absolute Gasteiger partial charge is 0.335 e. The summed E-state index contributed by atoms with van der Waals surface area (Å²) in [5.41, 5.74) is 1.15. The van der Waals surface area contributed by atoms with E-state index in [1.54, 1.807) is 18.2 Å². The maximum atomic E-state index is 10.8. The number of aliphatic hydroxyl groups excluding tert-OH is 1. The van der Waals surface area contributed by atoms with Crippen LogP contribution in [0.4, 0.5) is 0 Å².